The molecule has 7 heteroatoms. The Morgan fingerprint density at radius 1 is 1.33 bits per heavy atom. The van der Waals surface area contributed by atoms with Crippen molar-refractivity contribution in [1.29, 1.82) is 0 Å². The number of sulfonamides is 1. The third kappa shape index (κ3) is 2.84. The molecule has 110 valence electrons. The molecule has 0 fully saturated rings. The molecule has 1 aromatic carbocycles. The highest BCUT2D eigenvalue weighted by atomic mass is 32.2. The number of aromatic nitrogens is 3. The third-order valence-corrected chi connectivity index (χ3v) is 4.77. The Labute approximate surface area is 122 Å². The van der Waals surface area contributed by atoms with Crippen molar-refractivity contribution in [1.82, 2.24) is 19.5 Å². The summed E-state index contributed by atoms with van der Waals surface area (Å²) in [7, 11) is -1.80. The van der Waals surface area contributed by atoms with Crippen LogP contribution in [0.15, 0.2) is 47.8 Å². The molecule has 3 rings (SSSR count). The smallest absolute Gasteiger partial charge is 0.243 e. The van der Waals surface area contributed by atoms with Gasteiger partial charge in [0.2, 0.25) is 10.0 Å². The Morgan fingerprint density at radius 2 is 2.14 bits per heavy atom. The van der Waals surface area contributed by atoms with Crippen molar-refractivity contribution in [3.05, 3.63) is 48.4 Å². The molecule has 0 aliphatic rings. The number of nitrogens with zero attached hydrogens (tertiary/aromatic N) is 2. The van der Waals surface area contributed by atoms with Crippen LogP contribution in [-0.4, -0.2) is 29.7 Å². The summed E-state index contributed by atoms with van der Waals surface area (Å²) in [6.07, 6.45) is 5.37. The van der Waals surface area contributed by atoms with E-state index in [-0.39, 0.29) is 4.90 Å². The Kier molecular flexibility index (Phi) is 3.52. The molecule has 3 aromatic rings. The van der Waals surface area contributed by atoms with Crippen molar-refractivity contribution in [3.8, 4) is 0 Å². The summed E-state index contributed by atoms with van der Waals surface area (Å²) in [4.78, 5) is 3.36. The van der Waals surface area contributed by atoms with Gasteiger partial charge in [0.1, 0.15) is 4.90 Å². The zero-order valence-corrected chi connectivity index (χ0v) is 12.4. The minimum absolute atomic E-state index is 0.184. The molecule has 0 bridgehead atoms. The number of fused-ring (bicyclic) bond motifs is 1. The fourth-order valence-electron chi connectivity index (χ4n) is 2.28. The van der Waals surface area contributed by atoms with Crippen molar-refractivity contribution in [2.24, 2.45) is 7.05 Å². The first-order chi connectivity index (χ1) is 10.1. The fourth-order valence-corrected chi connectivity index (χ4v) is 3.29. The van der Waals surface area contributed by atoms with Crippen molar-refractivity contribution < 1.29 is 8.42 Å². The molecule has 0 spiro atoms. The average Bonchev–Trinajstić information content (AvgIpc) is 3.06. The van der Waals surface area contributed by atoms with E-state index in [1.165, 1.54) is 17.1 Å². The van der Waals surface area contributed by atoms with Crippen LogP contribution in [0, 0.1) is 0 Å². The second-order valence-electron chi connectivity index (χ2n) is 4.86. The predicted octanol–water partition coefficient (Wildman–Crippen LogP) is 1.42. The second-order valence-corrected chi connectivity index (χ2v) is 6.62. The molecule has 0 amide bonds. The van der Waals surface area contributed by atoms with Crippen LogP contribution in [0.4, 0.5) is 0 Å². The van der Waals surface area contributed by atoms with Crippen molar-refractivity contribution in [3.63, 3.8) is 0 Å². The molecule has 2 heterocycles. The zero-order chi connectivity index (χ0) is 14.9. The molecule has 0 saturated heterocycles. The lowest BCUT2D eigenvalue weighted by Crippen LogP contribution is -2.25. The van der Waals surface area contributed by atoms with Crippen LogP contribution in [0.25, 0.3) is 10.9 Å². The first kappa shape index (κ1) is 13.8. The van der Waals surface area contributed by atoms with Gasteiger partial charge in [-0.1, -0.05) is 18.2 Å². The SMILES string of the molecule is Cn1cc(S(=O)(=O)NCCc2c[nH]c3ccccc23)cn1. The maximum atomic E-state index is 12.1. The topological polar surface area (TPSA) is 79.8 Å². The summed E-state index contributed by atoms with van der Waals surface area (Å²) in [5.41, 5.74) is 2.15. The largest absolute Gasteiger partial charge is 0.361 e. The Bertz CT molecular complexity index is 864. The van der Waals surface area contributed by atoms with E-state index in [1.807, 2.05) is 30.5 Å². The normalized spacial score (nSPS) is 12.0. The number of para-hydroxylation sites is 1. The molecule has 0 unspecified atom stereocenters. The van der Waals surface area contributed by atoms with Crippen molar-refractivity contribution in [2.45, 2.75) is 11.3 Å². The van der Waals surface area contributed by atoms with Gasteiger partial charge in [-0.3, -0.25) is 4.68 Å². The summed E-state index contributed by atoms with van der Waals surface area (Å²) < 4.78 is 28.2. The Balaban J connectivity index is 1.69. The van der Waals surface area contributed by atoms with E-state index in [1.54, 1.807) is 7.05 Å². The molecule has 0 aliphatic heterocycles. The summed E-state index contributed by atoms with van der Waals surface area (Å²) in [5.74, 6) is 0. The first-order valence-corrected chi connectivity index (χ1v) is 8.08. The maximum absolute atomic E-state index is 12.1. The van der Waals surface area contributed by atoms with E-state index < -0.39 is 10.0 Å². The quantitative estimate of drug-likeness (QED) is 0.748. The molecular formula is C14H16N4O2S. The summed E-state index contributed by atoms with van der Waals surface area (Å²) in [6.45, 7) is 0.346. The molecule has 2 N–H and O–H groups in total. The van der Waals surface area contributed by atoms with Gasteiger partial charge in [-0.05, 0) is 18.1 Å². The number of aromatic amines is 1. The predicted molar refractivity (Wildman–Crippen MR) is 80.4 cm³/mol. The van der Waals surface area contributed by atoms with E-state index >= 15 is 0 Å². The van der Waals surface area contributed by atoms with E-state index in [0.717, 1.165) is 16.5 Å². The number of rotatable bonds is 5. The number of aryl methyl sites for hydroxylation is 1. The van der Waals surface area contributed by atoms with Crippen LogP contribution in [0.5, 0.6) is 0 Å². The zero-order valence-electron chi connectivity index (χ0n) is 11.6. The molecule has 0 saturated carbocycles. The molecule has 0 atom stereocenters. The van der Waals surface area contributed by atoms with Crippen LogP contribution in [-0.2, 0) is 23.5 Å². The maximum Gasteiger partial charge on any atom is 0.243 e. The number of hydrogen-bond donors (Lipinski definition) is 2. The number of H-pyrrole nitrogens is 1. The van der Waals surface area contributed by atoms with E-state index in [9.17, 15) is 8.42 Å². The highest BCUT2D eigenvalue weighted by molar-refractivity contribution is 7.89. The van der Waals surface area contributed by atoms with Crippen LogP contribution in [0.3, 0.4) is 0 Å². The first-order valence-electron chi connectivity index (χ1n) is 6.59. The molecule has 6 nitrogen and oxygen atoms in total. The minimum atomic E-state index is -3.49. The number of benzene rings is 1. The van der Waals surface area contributed by atoms with Crippen LogP contribution >= 0.6 is 0 Å². The summed E-state index contributed by atoms with van der Waals surface area (Å²) in [6, 6.07) is 7.96. The molecule has 0 radical (unpaired) electrons. The number of nitrogens with one attached hydrogen (secondary N) is 2. The lowest BCUT2D eigenvalue weighted by molar-refractivity contribution is 0.581. The second kappa shape index (κ2) is 5.34. The van der Waals surface area contributed by atoms with Gasteiger partial charge in [-0.15, -0.1) is 0 Å². The van der Waals surface area contributed by atoms with Crippen molar-refractivity contribution in [2.75, 3.05) is 6.54 Å². The Morgan fingerprint density at radius 3 is 2.90 bits per heavy atom. The highest BCUT2D eigenvalue weighted by Gasteiger charge is 2.15. The molecule has 0 aliphatic carbocycles. The standard InChI is InChI=1S/C14H16N4O2S/c1-18-10-12(9-16-18)21(19,20)17-7-6-11-8-15-14-5-3-2-4-13(11)14/h2-5,8-10,15,17H,6-7H2,1H3. The van der Waals surface area contributed by atoms with Crippen molar-refractivity contribution >= 4 is 20.9 Å². The summed E-state index contributed by atoms with van der Waals surface area (Å²) >= 11 is 0. The average molecular weight is 304 g/mol. The van der Waals surface area contributed by atoms with Crippen LogP contribution in [0.1, 0.15) is 5.56 Å². The molecule has 2 aromatic heterocycles. The third-order valence-electron chi connectivity index (χ3n) is 3.35. The van der Waals surface area contributed by atoms with Gasteiger partial charge in [-0.25, -0.2) is 13.1 Å². The van der Waals surface area contributed by atoms with Gasteiger partial charge in [0.05, 0.1) is 6.20 Å². The summed E-state index contributed by atoms with van der Waals surface area (Å²) in [5, 5.41) is 5.00. The lowest BCUT2D eigenvalue weighted by atomic mass is 10.1. The van der Waals surface area contributed by atoms with E-state index in [0.29, 0.717) is 13.0 Å². The van der Waals surface area contributed by atoms with Crippen LogP contribution < -0.4 is 4.72 Å². The van der Waals surface area contributed by atoms with Gasteiger partial charge < -0.3 is 4.98 Å². The van der Waals surface area contributed by atoms with Gasteiger partial charge in [0, 0.05) is 36.9 Å². The van der Waals surface area contributed by atoms with Gasteiger partial charge in [0.15, 0.2) is 0 Å². The minimum Gasteiger partial charge on any atom is -0.361 e. The molecule has 21 heavy (non-hydrogen) atoms. The highest BCUT2D eigenvalue weighted by Crippen LogP contribution is 2.17. The van der Waals surface area contributed by atoms with E-state index in [2.05, 4.69) is 14.8 Å². The van der Waals surface area contributed by atoms with Crippen LogP contribution in [0.2, 0.25) is 0 Å². The van der Waals surface area contributed by atoms with E-state index in [4.69, 9.17) is 0 Å². The fraction of sp³-hybridized carbons (Fsp3) is 0.214. The number of hydrogen-bond acceptors (Lipinski definition) is 3. The van der Waals surface area contributed by atoms with Gasteiger partial charge in [-0.2, -0.15) is 5.10 Å². The lowest BCUT2D eigenvalue weighted by Gasteiger charge is -2.04. The monoisotopic (exact) mass is 304 g/mol. The molecular weight excluding hydrogens is 288 g/mol. The van der Waals surface area contributed by atoms with Gasteiger partial charge in [0.25, 0.3) is 0 Å². The Hall–Kier alpha value is -2.12. The van der Waals surface area contributed by atoms with Gasteiger partial charge >= 0.3 is 0 Å².